The average molecular weight is 478 g/mol. The average Bonchev–Trinajstić information content (AvgIpc) is 2.62. The summed E-state index contributed by atoms with van der Waals surface area (Å²) in [5, 5.41) is 0.308. The van der Waals surface area contributed by atoms with Crippen molar-refractivity contribution in [1.29, 1.82) is 0 Å². The molecule has 0 aliphatic carbocycles. The second kappa shape index (κ2) is 9.64. The fourth-order valence-corrected chi connectivity index (χ4v) is 4.16. The van der Waals surface area contributed by atoms with Crippen LogP contribution in [0.25, 0.3) is 0 Å². The van der Waals surface area contributed by atoms with Crippen LogP contribution in [0.3, 0.4) is 0 Å². The maximum atomic E-state index is 13.9. The minimum Gasteiger partial charge on any atom is -0.338 e. The molecule has 0 aromatic heterocycles. The first kappa shape index (κ1) is 21.8. The minimum atomic E-state index is -3.75. The second-order valence-electron chi connectivity index (χ2n) is 5.75. The maximum absolute atomic E-state index is 13.9. The van der Waals surface area contributed by atoms with Gasteiger partial charge in [0.05, 0.1) is 4.90 Å². The summed E-state index contributed by atoms with van der Waals surface area (Å²) in [6, 6.07) is 10.4. The van der Waals surface area contributed by atoms with E-state index in [1.165, 1.54) is 29.2 Å². The second-order valence-corrected chi connectivity index (χ2v) is 8.87. The van der Waals surface area contributed by atoms with Gasteiger partial charge in [-0.25, -0.2) is 17.5 Å². The number of carbonyl (C=O) groups excluding carboxylic acids is 1. The summed E-state index contributed by atoms with van der Waals surface area (Å²) in [4.78, 5) is 13.9. The molecule has 0 bridgehead atoms. The van der Waals surface area contributed by atoms with Crippen molar-refractivity contribution in [2.75, 3.05) is 13.1 Å². The third kappa shape index (κ3) is 6.27. The monoisotopic (exact) mass is 476 g/mol. The van der Waals surface area contributed by atoms with Crippen LogP contribution in [0.5, 0.6) is 0 Å². The van der Waals surface area contributed by atoms with E-state index in [0.717, 1.165) is 4.47 Å². The van der Waals surface area contributed by atoms with Gasteiger partial charge in [0.1, 0.15) is 5.82 Å². The van der Waals surface area contributed by atoms with E-state index in [0.29, 0.717) is 17.1 Å². The molecule has 1 N–H and O–H groups in total. The van der Waals surface area contributed by atoms with Gasteiger partial charge in [-0.3, -0.25) is 4.79 Å². The summed E-state index contributed by atoms with van der Waals surface area (Å²) >= 11 is 9.09. The van der Waals surface area contributed by atoms with Crippen molar-refractivity contribution in [2.45, 2.75) is 24.8 Å². The lowest BCUT2D eigenvalue weighted by atomic mass is 10.2. The molecular weight excluding hydrogens is 459 g/mol. The van der Waals surface area contributed by atoms with E-state index in [4.69, 9.17) is 11.6 Å². The Balaban J connectivity index is 1.96. The molecule has 0 atom stereocenters. The normalized spacial score (nSPS) is 11.4. The number of amides is 1. The standard InChI is InChI=1S/C18H19BrClFN2O3S/c1-2-23(12-13-10-14(19)6-7-17(13)21)18(24)8-9-22-27(25,26)16-5-3-4-15(20)11-16/h3-7,10-11,22H,2,8-9,12H2,1H3. The molecule has 0 aliphatic rings. The van der Waals surface area contributed by atoms with E-state index in [-0.39, 0.29) is 30.3 Å². The molecule has 9 heteroatoms. The van der Waals surface area contributed by atoms with E-state index in [1.54, 1.807) is 25.1 Å². The number of carbonyl (C=O) groups is 1. The van der Waals surface area contributed by atoms with E-state index in [9.17, 15) is 17.6 Å². The molecule has 0 heterocycles. The van der Waals surface area contributed by atoms with Gasteiger partial charge in [0.2, 0.25) is 15.9 Å². The number of nitrogens with zero attached hydrogens (tertiary/aromatic N) is 1. The number of hydrogen-bond acceptors (Lipinski definition) is 3. The number of sulfonamides is 1. The maximum Gasteiger partial charge on any atom is 0.240 e. The van der Waals surface area contributed by atoms with E-state index in [1.807, 2.05) is 0 Å². The Morgan fingerprint density at radius 3 is 2.67 bits per heavy atom. The molecule has 5 nitrogen and oxygen atoms in total. The van der Waals surface area contributed by atoms with Crippen LogP contribution < -0.4 is 4.72 Å². The van der Waals surface area contributed by atoms with Gasteiger partial charge in [0, 0.05) is 41.1 Å². The van der Waals surface area contributed by atoms with Crippen molar-refractivity contribution in [3.8, 4) is 0 Å². The molecule has 0 aliphatic heterocycles. The van der Waals surface area contributed by atoms with Crippen molar-refractivity contribution in [3.63, 3.8) is 0 Å². The molecule has 0 saturated heterocycles. The van der Waals surface area contributed by atoms with E-state index < -0.39 is 15.8 Å². The molecule has 2 aromatic carbocycles. The van der Waals surface area contributed by atoms with Crippen molar-refractivity contribution in [1.82, 2.24) is 9.62 Å². The van der Waals surface area contributed by atoms with E-state index in [2.05, 4.69) is 20.7 Å². The predicted octanol–water partition coefficient (Wildman–Crippen LogP) is 3.96. The van der Waals surface area contributed by atoms with Crippen molar-refractivity contribution >= 4 is 43.5 Å². The first-order valence-corrected chi connectivity index (χ1v) is 10.9. The summed E-state index contributed by atoms with van der Waals surface area (Å²) in [6.07, 6.45) is -0.0384. The first-order chi connectivity index (χ1) is 12.7. The molecule has 0 radical (unpaired) electrons. The number of benzene rings is 2. The van der Waals surface area contributed by atoms with Crippen LogP contribution in [-0.2, 0) is 21.4 Å². The Bertz CT molecular complexity index is 925. The fraction of sp³-hybridized carbons (Fsp3) is 0.278. The molecule has 146 valence electrons. The Morgan fingerprint density at radius 2 is 2.00 bits per heavy atom. The van der Waals surface area contributed by atoms with Crippen LogP contribution in [-0.4, -0.2) is 32.3 Å². The van der Waals surface area contributed by atoms with Gasteiger partial charge in [0.25, 0.3) is 0 Å². The van der Waals surface area contributed by atoms with Crippen LogP contribution in [0.1, 0.15) is 18.9 Å². The Hall–Kier alpha value is -1.48. The van der Waals surface area contributed by atoms with Crippen molar-refractivity contribution in [3.05, 3.63) is 63.3 Å². The SMILES string of the molecule is CCN(Cc1cc(Br)ccc1F)C(=O)CCNS(=O)(=O)c1cccc(Cl)c1. The summed E-state index contributed by atoms with van der Waals surface area (Å²) in [7, 11) is -3.75. The van der Waals surface area contributed by atoms with Crippen LogP contribution in [0.4, 0.5) is 4.39 Å². The van der Waals surface area contributed by atoms with Crippen LogP contribution in [0, 0.1) is 5.82 Å². The number of halogens is 3. The highest BCUT2D eigenvalue weighted by Gasteiger charge is 2.17. The van der Waals surface area contributed by atoms with Gasteiger partial charge in [-0.1, -0.05) is 33.6 Å². The summed E-state index contributed by atoms with van der Waals surface area (Å²) in [5.74, 6) is -0.670. The summed E-state index contributed by atoms with van der Waals surface area (Å²) < 4.78 is 41.5. The Morgan fingerprint density at radius 1 is 1.26 bits per heavy atom. The lowest BCUT2D eigenvalue weighted by molar-refractivity contribution is -0.131. The highest BCUT2D eigenvalue weighted by molar-refractivity contribution is 9.10. The predicted molar refractivity (Wildman–Crippen MR) is 106 cm³/mol. The topological polar surface area (TPSA) is 66.5 Å². The van der Waals surface area contributed by atoms with Gasteiger partial charge >= 0.3 is 0 Å². The van der Waals surface area contributed by atoms with Crippen LogP contribution in [0.2, 0.25) is 5.02 Å². The minimum absolute atomic E-state index is 0.0333. The Labute approximate surface area is 171 Å². The molecule has 0 saturated carbocycles. The highest BCUT2D eigenvalue weighted by Crippen LogP contribution is 2.18. The largest absolute Gasteiger partial charge is 0.338 e. The third-order valence-electron chi connectivity index (χ3n) is 3.84. The zero-order valence-corrected chi connectivity index (χ0v) is 17.7. The van der Waals surface area contributed by atoms with Gasteiger partial charge in [0.15, 0.2) is 0 Å². The van der Waals surface area contributed by atoms with Gasteiger partial charge in [-0.15, -0.1) is 0 Å². The third-order valence-corrected chi connectivity index (χ3v) is 6.03. The molecule has 2 rings (SSSR count). The molecule has 1 amide bonds. The molecule has 0 unspecified atom stereocenters. The van der Waals surface area contributed by atoms with Gasteiger partial charge in [-0.2, -0.15) is 0 Å². The smallest absolute Gasteiger partial charge is 0.240 e. The number of rotatable bonds is 8. The zero-order valence-electron chi connectivity index (χ0n) is 14.6. The lowest BCUT2D eigenvalue weighted by Gasteiger charge is -2.21. The highest BCUT2D eigenvalue weighted by atomic mass is 79.9. The lowest BCUT2D eigenvalue weighted by Crippen LogP contribution is -2.34. The fourth-order valence-electron chi connectivity index (χ4n) is 2.41. The molecular formula is C18H19BrClFN2O3S. The first-order valence-electron chi connectivity index (χ1n) is 8.20. The number of nitrogens with one attached hydrogen (secondary N) is 1. The number of hydrogen-bond donors (Lipinski definition) is 1. The van der Waals surface area contributed by atoms with Gasteiger partial charge in [-0.05, 0) is 43.3 Å². The Kier molecular flexibility index (Phi) is 7.79. The van der Waals surface area contributed by atoms with Crippen molar-refractivity contribution < 1.29 is 17.6 Å². The van der Waals surface area contributed by atoms with Crippen LogP contribution >= 0.6 is 27.5 Å². The molecule has 0 spiro atoms. The van der Waals surface area contributed by atoms with Crippen molar-refractivity contribution in [2.24, 2.45) is 0 Å². The summed E-state index contributed by atoms with van der Waals surface area (Å²) in [6.45, 7) is 2.21. The molecule has 2 aromatic rings. The zero-order chi connectivity index (χ0) is 20.0. The molecule has 0 fully saturated rings. The van der Waals surface area contributed by atoms with Crippen LogP contribution in [0.15, 0.2) is 51.8 Å². The quantitative estimate of drug-likeness (QED) is 0.626. The molecule has 27 heavy (non-hydrogen) atoms. The van der Waals surface area contributed by atoms with E-state index >= 15 is 0 Å². The van der Waals surface area contributed by atoms with Gasteiger partial charge < -0.3 is 4.90 Å². The summed E-state index contributed by atoms with van der Waals surface area (Å²) in [5.41, 5.74) is 0.388.